The molecule has 0 aromatic heterocycles. The highest BCUT2D eigenvalue weighted by Gasteiger charge is 2.41. The summed E-state index contributed by atoms with van der Waals surface area (Å²) in [5.74, 6) is 0. The standard InChI is InChI=1S/C7H14O4S2/c1-10-7-4(9)6(13)5(12)3(2-8)11-7/h3-9,12-13H,2H2,1H3/t3?,4?,5-,6?,7-/m0/s1. The number of ether oxygens (including phenoxy) is 2. The summed E-state index contributed by atoms with van der Waals surface area (Å²) >= 11 is 8.37. The Hall–Kier alpha value is 0.540. The van der Waals surface area contributed by atoms with Crippen LogP contribution in [0.1, 0.15) is 0 Å². The van der Waals surface area contributed by atoms with Crippen molar-refractivity contribution in [2.45, 2.75) is 29.0 Å². The number of aliphatic hydroxyl groups excluding tert-OH is 2. The highest BCUT2D eigenvalue weighted by atomic mass is 32.1. The number of rotatable bonds is 2. The molecule has 1 aliphatic heterocycles. The number of thiol groups is 2. The van der Waals surface area contributed by atoms with Gasteiger partial charge in [-0.1, -0.05) is 0 Å². The van der Waals surface area contributed by atoms with Gasteiger partial charge in [-0.2, -0.15) is 25.3 Å². The van der Waals surface area contributed by atoms with Crippen LogP contribution in [0.3, 0.4) is 0 Å². The lowest BCUT2D eigenvalue weighted by molar-refractivity contribution is -0.229. The van der Waals surface area contributed by atoms with E-state index < -0.39 is 18.5 Å². The van der Waals surface area contributed by atoms with Gasteiger partial charge >= 0.3 is 0 Å². The second kappa shape index (κ2) is 4.86. The van der Waals surface area contributed by atoms with Crippen molar-refractivity contribution in [3.63, 3.8) is 0 Å². The van der Waals surface area contributed by atoms with Crippen molar-refractivity contribution in [1.82, 2.24) is 0 Å². The molecular formula is C7H14O4S2. The van der Waals surface area contributed by atoms with Crippen LogP contribution in [0.5, 0.6) is 0 Å². The fourth-order valence-electron chi connectivity index (χ4n) is 1.26. The fraction of sp³-hybridized carbons (Fsp3) is 1.00. The first kappa shape index (κ1) is 11.6. The molecular weight excluding hydrogens is 212 g/mol. The van der Waals surface area contributed by atoms with Crippen LogP contribution in [0.2, 0.25) is 0 Å². The van der Waals surface area contributed by atoms with Gasteiger partial charge in [-0.15, -0.1) is 0 Å². The molecule has 0 aromatic carbocycles. The Morgan fingerprint density at radius 1 is 1.38 bits per heavy atom. The van der Waals surface area contributed by atoms with Gasteiger partial charge in [-0.05, 0) is 0 Å². The zero-order valence-corrected chi connectivity index (χ0v) is 8.99. The smallest absolute Gasteiger partial charge is 0.184 e. The molecule has 1 saturated heterocycles. The van der Waals surface area contributed by atoms with E-state index in [-0.39, 0.29) is 17.1 Å². The van der Waals surface area contributed by atoms with Gasteiger partial charge in [0.2, 0.25) is 0 Å². The van der Waals surface area contributed by atoms with Gasteiger partial charge in [-0.3, -0.25) is 0 Å². The van der Waals surface area contributed by atoms with Crippen LogP contribution >= 0.6 is 25.3 Å². The van der Waals surface area contributed by atoms with E-state index in [4.69, 9.17) is 14.6 Å². The molecule has 1 heterocycles. The summed E-state index contributed by atoms with van der Waals surface area (Å²) in [4.78, 5) is 0. The van der Waals surface area contributed by atoms with E-state index in [1.54, 1.807) is 0 Å². The molecule has 6 heteroatoms. The second-order valence-corrected chi connectivity index (χ2v) is 4.13. The van der Waals surface area contributed by atoms with Gasteiger partial charge in [0, 0.05) is 17.6 Å². The van der Waals surface area contributed by atoms with Crippen molar-refractivity contribution in [2.75, 3.05) is 13.7 Å². The molecule has 1 fully saturated rings. The predicted molar refractivity (Wildman–Crippen MR) is 54.3 cm³/mol. The summed E-state index contributed by atoms with van der Waals surface area (Å²) in [6.45, 7) is -0.155. The van der Waals surface area contributed by atoms with Gasteiger partial charge in [0.05, 0.1) is 12.7 Å². The third kappa shape index (κ3) is 2.31. The summed E-state index contributed by atoms with van der Waals surface area (Å²) in [6, 6.07) is 0. The maximum absolute atomic E-state index is 9.56. The van der Waals surface area contributed by atoms with Gasteiger partial charge < -0.3 is 19.7 Å². The van der Waals surface area contributed by atoms with Crippen molar-refractivity contribution in [1.29, 1.82) is 0 Å². The Bertz CT molecular complexity index is 149. The van der Waals surface area contributed by atoms with Crippen LogP contribution in [0.25, 0.3) is 0 Å². The van der Waals surface area contributed by atoms with Crippen molar-refractivity contribution < 1.29 is 19.7 Å². The minimum atomic E-state index is -0.821. The Morgan fingerprint density at radius 3 is 2.46 bits per heavy atom. The highest BCUT2D eigenvalue weighted by molar-refractivity contribution is 7.85. The molecule has 3 unspecified atom stereocenters. The zero-order valence-electron chi connectivity index (χ0n) is 7.20. The zero-order chi connectivity index (χ0) is 10.0. The van der Waals surface area contributed by atoms with Crippen molar-refractivity contribution in [3.05, 3.63) is 0 Å². The lowest BCUT2D eigenvalue weighted by Crippen LogP contribution is -2.54. The summed E-state index contributed by atoms with van der Waals surface area (Å²) in [6.07, 6.45) is -2.00. The van der Waals surface area contributed by atoms with Crippen molar-refractivity contribution in [2.24, 2.45) is 0 Å². The first-order valence-corrected chi connectivity index (χ1v) is 4.98. The predicted octanol–water partition coefficient (Wildman–Crippen LogP) is -0.692. The van der Waals surface area contributed by atoms with E-state index in [0.29, 0.717) is 0 Å². The van der Waals surface area contributed by atoms with Gasteiger partial charge in [0.15, 0.2) is 6.29 Å². The molecule has 1 aliphatic rings. The average molecular weight is 226 g/mol. The van der Waals surface area contributed by atoms with Crippen LogP contribution < -0.4 is 0 Å². The monoisotopic (exact) mass is 226 g/mol. The van der Waals surface area contributed by atoms with E-state index in [9.17, 15) is 5.11 Å². The Kier molecular flexibility index (Phi) is 4.34. The van der Waals surface area contributed by atoms with Crippen LogP contribution in [-0.4, -0.2) is 52.9 Å². The number of aliphatic hydroxyl groups is 2. The number of hydrogen-bond acceptors (Lipinski definition) is 6. The number of methoxy groups -OCH3 is 1. The van der Waals surface area contributed by atoms with E-state index >= 15 is 0 Å². The molecule has 0 aromatic rings. The summed E-state index contributed by atoms with van der Waals surface area (Å²) in [7, 11) is 1.43. The molecule has 4 nitrogen and oxygen atoms in total. The molecule has 5 atom stereocenters. The van der Waals surface area contributed by atoms with E-state index in [0.717, 1.165) is 0 Å². The topological polar surface area (TPSA) is 58.9 Å². The molecule has 0 aliphatic carbocycles. The third-order valence-electron chi connectivity index (χ3n) is 2.08. The normalized spacial score (nSPS) is 46.4. The van der Waals surface area contributed by atoms with Gasteiger partial charge in [0.25, 0.3) is 0 Å². The third-order valence-corrected chi connectivity index (χ3v) is 3.60. The second-order valence-electron chi connectivity index (χ2n) is 2.93. The molecule has 0 bridgehead atoms. The van der Waals surface area contributed by atoms with Crippen molar-refractivity contribution in [3.8, 4) is 0 Å². The summed E-state index contributed by atoms with van der Waals surface area (Å²) in [5, 5.41) is 17.8. The lowest BCUT2D eigenvalue weighted by atomic mass is 10.1. The summed E-state index contributed by atoms with van der Waals surface area (Å²) < 4.78 is 10.1. The maximum atomic E-state index is 9.56. The maximum Gasteiger partial charge on any atom is 0.184 e. The first-order chi connectivity index (χ1) is 6.11. The minimum absolute atomic E-state index is 0.155. The van der Waals surface area contributed by atoms with Crippen LogP contribution in [0.15, 0.2) is 0 Å². The minimum Gasteiger partial charge on any atom is -0.394 e. The molecule has 2 N–H and O–H groups in total. The molecule has 0 amide bonds. The van der Waals surface area contributed by atoms with E-state index in [2.05, 4.69) is 25.3 Å². The number of hydrogen-bond donors (Lipinski definition) is 4. The lowest BCUT2D eigenvalue weighted by Gasteiger charge is -2.39. The molecule has 0 spiro atoms. The largest absolute Gasteiger partial charge is 0.394 e. The quantitative estimate of drug-likeness (QED) is 0.471. The molecule has 13 heavy (non-hydrogen) atoms. The Labute approximate surface area is 88.0 Å². The van der Waals surface area contributed by atoms with Gasteiger partial charge in [0.1, 0.15) is 6.10 Å². The molecule has 1 rings (SSSR count). The van der Waals surface area contributed by atoms with E-state index in [1.807, 2.05) is 0 Å². The van der Waals surface area contributed by atoms with Crippen LogP contribution in [0, 0.1) is 0 Å². The van der Waals surface area contributed by atoms with Crippen LogP contribution in [0.4, 0.5) is 0 Å². The summed E-state index contributed by atoms with van der Waals surface area (Å²) in [5.41, 5.74) is 0. The highest BCUT2D eigenvalue weighted by Crippen LogP contribution is 2.28. The average Bonchev–Trinajstić information content (AvgIpc) is 2.15. The fourth-order valence-corrected chi connectivity index (χ4v) is 1.94. The molecule has 0 saturated carbocycles. The van der Waals surface area contributed by atoms with E-state index in [1.165, 1.54) is 7.11 Å². The SMILES string of the molecule is CO[C@H]1OC(CO)[C@H](S)C(S)C1O. The molecule has 78 valence electrons. The van der Waals surface area contributed by atoms with Gasteiger partial charge in [-0.25, -0.2) is 0 Å². The Balaban J connectivity index is 2.66. The van der Waals surface area contributed by atoms with Crippen molar-refractivity contribution >= 4 is 25.3 Å². The molecule has 0 radical (unpaired) electrons. The first-order valence-electron chi connectivity index (χ1n) is 3.95. The Morgan fingerprint density at radius 2 is 2.00 bits per heavy atom. The van der Waals surface area contributed by atoms with Crippen LogP contribution in [-0.2, 0) is 9.47 Å².